The van der Waals surface area contributed by atoms with Crippen molar-refractivity contribution in [2.45, 2.75) is 62.9 Å². The standard InChI is InChI=1S/C13H22BNO5/c16-12(11-3-1-2-6-15-11)7-9-4-5-10(8-13(17)18)20-14(9)19/h9-11,15,19H,1-8H2,(H,17,18)/t9-,10+,11?/m1/s1. The molecule has 20 heavy (non-hydrogen) atoms. The highest BCUT2D eigenvalue weighted by Crippen LogP contribution is 2.31. The van der Waals surface area contributed by atoms with Crippen molar-refractivity contribution in [1.82, 2.24) is 5.32 Å². The average Bonchev–Trinajstić information content (AvgIpc) is 2.42. The van der Waals surface area contributed by atoms with Gasteiger partial charge in [0.25, 0.3) is 0 Å². The van der Waals surface area contributed by atoms with Crippen LogP contribution >= 0.6 is 0 Å². The van der Waals surface area contributed by atoms with E-state index in [0.717, 1.165) is 25.8 Å². The van der Waals surface area contributed by atoms with Gasteiger partial charge in [-0.1, -0.05) is 6.42 Å². The summed E-state index contributed by atoms with van der Waals surface area (Å²) in [7, 11) is -1.03. The van der Waals surface area contributed by atoms with Crippen LogP contribution in [0.1, 0.15) is 44.9 Å². The van der Waals surface area contributed by atoms with Crippen LogP contribution in [0.15, 0.2) is 0 Å². The van der Waals surface area contributed by atoms with Crippen molar-refractivity contribution >= 4 is 18.9 Å². The minimum atomic E-state index is -1.03. The van der Waals surface area contributed by atoms with E-state index in [9.17, 15) is 14.6 Å². The molecule has 2 rings (SSSR count). The van der Waals surface area contributed by atoms with Gasteiger partial charge in [-0.15, -0.1) is 0 Å². The van der Waals surface area contributed by atoms with Gasteiger partial charge in [0.15, 0.2) is 0 Å². The van der Waals surface area contributed by atoms with E-state index in [-0.39, 0.29) is 24.1 Å². The number of carboxylic acid groups (broad SMARTS) is 1. The smallest absolute Gasteiger partial charge is 0.458 e. The first-order chi connectivity index (χ1) is 9.56. The minimum absolute atomic E-state index is 0.0901. The normalized spacial score (nSPS) is 31.1. The molecule has 0 aromatic heterocycles. The maximum absolute atomic E-state index is 12.1. The van der Waals surface area contributed by atoms with Gasteiger partial charge in [0.1, 0.15) is 5.78 Å². The fourth-order valence-electron chi connectivity index (χ4n) is 2.99. The van der Waals surface area contributed by atoms with Crippen LogP contribution in [0.25, 0.3) is 0 Å². The third-order valence-corrected chi connectivity index (χ3v) is 4.16. The van der Waals surface area contributed by atoms with Crippen LogP contribution in [0.4, 0.5) is 0 Å². The van der Waals surface area contributed by atoms with Crippen LogP contribution in [-0.4, -0.2) is 47.7 Å². The molecule has 0 aromatic rings. The molecule has 3 atom stereocenters. The second-order valence-corrected chi connectivity index (χ2v) is 5.76. The molecule has 2 aliphatic heterocycles. The van der Waals surface area contributed by atoms with Crippen molar-refractivity contribution in [1.29, 1.82) is 0 Å². The molecule has 0 spiro atoms. The lowest BCUT2D eigenvalue weighted by Crippen LogP contribution is -2.43. The van der Waals surface area contributed by atoms with Crippen molar-refractivity contribution in [3.05, 3.63) is 0 Å². The molecule has 0 bridgehead atoms. The number of carboxylic acids is 1. The van der Waals surface area contributed by atoms with E-state index < -0.39 is 19.2 Å². The summed E-state index contributed by atoms with van der Waals surface area (Å²) in [6.45, 7) is 0.876. The van der Waals surface area contributed by atoms with Crippen LogP contribution in [0.5, 0.6) is 0 Å². The van der Waals surface area contributed by atoms with Crippen molar-refractivity contribution in [3.8, 4) is 0 Å². The van der Waals surface area contributed by atoms with Crippen LogP contribution in [-0.2, 0) is 14.2 Å². The molecule has 7 heteroatoms. The zero-order valence-corrected chi connectivity index (χ0v) is 11.6. The van der Waals surface area contributed by atoms with E-state index >= 15 is 0 Å². The Balaban J connectivity index is 1.79. The van der Waals surface area contributed by atoms with E-state index in [0.29, 0.717) is 19.3 Å². The number of hydrogen-bond donors (Lipinski definition) is 3. The van der Waals surface area contributed by atoms with Gasteiger partial charge in [-0.2, -0.15) is 0 Å². The van der Waals surface area contributed by atoms with Crippen molar-refractivity contribution in [2.24, 2.45) is 0 Å². The largest absolute Gasteiger partial charge is 0.481 e. The SMILES string of the molecule is O=C(O)C[C@@H]1CC[C@H](CC(=O)C2CCCCN2)B(O)O1. The second kappa shape index (κ2) is 7.20. The topological polar surface area (TPSA) is 95.9 Å². The second-order valence-electron chi connectivity index (χ2n) is 5.76. The molecule has 2 heterocycles. The fourth-order valence-corrected chi connectivity index (χ4v) is 2.99. The predicted octanol–water partition coefficient (Wildman–Crippen LogP) is 0.592. The molecular formula is C13H22BNO5. The number of ketones is 1. The Hall–Kier alpha value is -0.915. The number of aliphatic carboxylic acids is 1. The van der Waals surface area contributed by atoms with Gasteiger partial charge in [-0.3, -0.25) is 9.59 Å². The number of Topliss-reactive ketones (excluding diaryl/α,β-unsaturated/α-hetero) is 1. The predicted molar refractivity (Wildman–Crippen MR) is 73.3 cm³/mol. The fraction of sp³-hybridized carbons (Fsp3) is 0.846. The Morgan fingerprint density at radius 2 is 2.00 bits per heavy atom. The lowest BCUT2D eigenvalue weighted by Gasteiger charge is -2.31. The van der Waals surface area contributed by atoms with Gasteiger partial charge >= 0.3 is 13.1 Å². The monoisotopic (exact) mass is 283 g/mol. The van der Waals surface area contributed by atoms with Gasteiger partial charge < -0.3 is 20.1 Å². The van der Waals surface area contributed by atoms with Gasteiger partial charge in [0.2, 0.25) is 0 Å². The Morgan fingerprint density at radius 3 is 2.60 bits per heavy atom. The first kappa shape index (κ1) is 15.5. The van der Waals surface area contributed by atoms with Crippen LogP contribution in [0.3, 0.4) is 0 Å². The zero-order chi connectivity index (χ0) is 14.5. The van der Waals surface area contributed by atoms with Gasteiger partial charge in [0.05, 0.1) is 18.6 Å². The van der Waals surface area contributed by atoms with E-state index in [2.05, 4.69) is 5.32 Å². The lowest BCUT2D eigenvalue weighted by molar-refractivity contribution is -0.139. The number of carbonyl (C=O) groups excluding carboxylic acids is 1. The van der Waals surface area contributed by atoms with E-state index in [1.54, 1.807) is 0 Å². The summed E-state index contributed by atoms with van der Waals surface area (Å²) in [5.41, 5.74) is 0. The van der Waals surface area contributed by atoms with Gasteiger partial charge in [-0.25, -0.2) is 0 Å². The molecule has 0 aliphatic carbocycles. The number of rotatable bonds is 5. The maximum atomic E-state index is 12.1. The van der Waals surface area contributed by atoms with Crippen LogP contribution in [0, 0.1) is 0 Å². The number of hydrogen-bond acceptors (Lipinski definition) is 5. The van der Waals surface area contributed by atoms with Crippen molar-refractivity contribution < 1.29 is 24.4 Å². The Morgan fingerprint density at radius 1 is 1.20 bits per heavy atom. The first-order valence-corrected chi connectivity index (χ1v) is 7.37. The van der Waals surface area contributed by atoms with E-state index in [1.807, 2.05) is 0 Å². The molecule has 0 radical (unpaired) electrons. The number of carbonyl (C=O) groups is 2. The highest BCUT2D eigenvalue weighted by molar-refractivity contribution is 6.45. The molecule has 0 saturated carbocycles. The highest BCUT2D eigenvalue weighted by Gasteiger charge is 2.37. The molecule has 2 fully saturated rings. The molecule has 0 amide bonds. The Labute approximate surface area is 119 Å². The molecule has 2 saturated heterocycles. The third kappa shape index (κ3) is 4.29. The summed E-state index contributed by atoms with van der Waals surface area (Å²) in [5.74, 6) is -1.01. The van der Waals surface area contributed by atoms with Crippen molar-refractivity contribution in [3.63, 3.8) is 0 Å². The average molecular weight is 283 g/mol. The summed E-state index contributed by atoms with van der Waals surface area (Å²) in [6, 6.07) is -0.0901. The summed E-state index contributed by atoms with van der Waals surface area (Å²) >= 11 is 0. The van der Waals surface area contributed by atoms with Gasteiger partial charge in [-0.05, 0) is 32.2 Å². The summed E-state index contributed by atoms with van der Waals surface area (Å²) < 4.78 is 5.30. The molecule has 112 valence electrons. The molecule has 2 aliphatic rings. The first-order valence-electron chi connectivity index (χ1n) is 7.37. The zero-order valence-electron chi connectivity index (χ0n) is 11.6. The quantitative estimate of drug-likeness (QED) is 0.639. The van der Waals surface area contributed by atoms with E-state index in [1.165, 1.54) is 0 Å². The highest BCUT2D eigenvalue weighted by atomic mass is 16.5. The summed E-state index contributed by atoms with van der Waals surface area (Å²) in [4.78, 5) is 22.8. The number of nitrogens with one attached hydrogen (secondary N) is 1. The van der Waals surface area contributed by atoms with Crippen LogP contribution in [0.2, 0.25) is 5.82 Å². The number of piperidine rings is 1. The van der Waals surface area contributed by atoms with Crippen molar-refractivity contribution in [2.75, 3.05) is 6.54 Å². The van der Waals surface area contributed by atoms with Crippen LogP contribution < -0.4 is 5.32 Å². The van der Waals surface area contributed by atoms with E-state index in [4.69, 9.17) is 9.76 Å². The molecule has 6 nitrogen and oxygen atoms in total. The lowest BCUT2D eigenvalue weighted by atomic mass is 9.64. The molecular weight excluding hydrogens is 261 g/mol. The summed E-state index contributed by atoms with van der Waals surface area (Å²) in [5, 5.41) is 21.8. The Kier molecular flexibility index (Phi) is 5.57. The maximum Gasteiger partial charge on any atom is 0.458 e. The molecule has 3 N–H and O–H groups in total. The summed E-state index contributed by atoms with van der Waals surface area (Å²) in [6.07, 6.45) is 4.02. The Bertz CT molecular complexity index is 359. The third-order valence-electron chi connectivity index (χ3n) is 4.16. The molecule has 0 aromatic carbocycles. The molecule has 1 unspecified atom stereocenters. The minimum Gasteiger partial charge on any atom is -0.481 e. The van der Waals surface area contributed by atoms with Gasteiger partial charge in [0, 0.05) is 12.2 Å².